The Kier molecular flexibility index (Phi) is 11.7. The molecule has 0 aromatic heterocycles. The van der Waals surface area contributed by atoms with Crippen LogP contribution in [0.5, 0.6) is 5.75 Å². The fourth-order valence-electron chi connectivity index (χ4n) is 4.74. The number of nitrogens with zero attached hydrogens (tertiary/aromatic N) is 2. The number of amides is 2. The summed E-state index contributed by atoms with van der Waals surface area (Å²) in [5.74, 6) is -0.806. The predicted molar refractivity (Wildman–Crippen MR) is 168 cm³/mol. The van der Waals surface area contributed by atoms with Crippen LogP contribution in [0.25, 0.3) is 0 Å². The molecule has 0 fully saturated rings. The van der Waals surface area contributed by atoms with Crippen molar-refractivity contribution in [1.82, 2.24) is 10.2 Å². The molecule has 1 N–H and O–H groups in total. The zero-order chi connectivity index (χ0) is 31.6. The fourth-order valence-corrected chi connectivity index (χ4v) is 5.71. The van der Waals surface area contributed by atoms with Crippen molar-refractivity contribution in [3.8, 4) is 5.75 Å². The third kappa shape index (κ3) is 10.1. The molecule has 8 nitrogen and oxygen atoms in total. The van der Waals surface area contributed by atoms with Crippen LogP contribution in [0.15, 0.2) is 78.9 Å². The molecule has 0 saturated carbocycles. The molecular weight excluding hydrogens is 569 g/mol. The summed E-state index contributed by atoms with van der Waals surface area (Å²) >= 11 is 0. The molecule has 0 saturated heterocycles. The molecule has 0 aliphatic rings. The van der Waals surface area contributed by atoms with Gasteiger partial charge in [0.25, 0.3) is 0 Å². The van der Waals surface area contributed by atoms with E-state index in [2.05, 4.69) is 5.32 Å². The van der Waals surface area contributed by atoms with Crippen LogP contribution in [-0.4, -0.2) is 56.1 Å². The Morgan fingerprint density at radius 2 is 1.58 bits per heavy atom. The summed E-state index contributed by atoms with van der Waals surface area (Å²) in [4.78, 5) is 29.0. The average Bonchev–Trinajstić information content (AvgIpc) is 2.93. The highest BCUT2D eigenvalue weighted by Crippen LogP contribution is 2.30. The van der Waals surface area contributed by atoms with Gasteiger partial charge >= 0.3 is 0 Å². The molecule has 0 radical (unpaired) electrons. The van der Waals surface area contributed by atoms with E-state index < -0.39 is 27.4 Å². The second-order valence-electron chi connectivity index (χ2n) is 11.4. The maximum Gasteiger partial charge on any atom is 0.243 e. The first kappa shape index (κ1) is 33.6. The SMILES string of the molecule is CCOc1ccccc1N(CCCC(=O)N(Cc1ccccc1F)[C@H](Cc1ccccc1)C(=O)NC(C)(C)C)S(C)(=O)=O. The third-order valence-electron chi connectivity index (χ3n) is 6.65. The monoisotopic (exact) mass is 611 g/mol. The molecule has 0 bridgehead atoms. The molecule has 0 aliphatic heterocycles. The van der Waals surface area contributed by atoms with Crippen LogP contribution in [0.4, 0.5) is 10.1 Å². The number of rotatable bonds is 14. The summed E-state index contributed by atoms with van der Waals surface area (Å²) in [6.07, 6.45) is 1.43. The van der Waals surface area contributed by atoms with Gasteiger partial charge in [-0.25, -0.2) is 12.8 Å². The van der Waals surface area contributed by atoms with E-state index in [4.69, 9.17) is 4.74 Å². The topological polar surface area (TPSA) is 96.0 Å². The number of nitrogens with one attached hydrogen (secondary N) is 1. The van der Waals surface area contributed by atoms with Gasteiger partial charge in [-0.3, -0.25) is 13.9 Å². The molecule has 0 heterocycles. The highest BCUT2D eigenvalue weighted by molar-refractivity contribution is 7.92. The summed E-state index contributed by atoms with van der Waals surface area (Å²) < 4.78 is 47.3. The van der Waals surface area contributed by atoms with Gasteiger partial charge in [-0.1, -0.05) is 60.7 Å². The molecule has 10 heteroatoms. The lowest BCUT2D eigenvalue weighted by Gasteiger charge is -2.34. The van der Waals surface area contributed by atoms with E-state index >= 15 is 0 Å². The van der Waals surface area contributed by atoms with Gasteiger partial charge in [0.05, 0.1) is 18.6 Å². The van der Waals surface area contributed by atoms with Crippen LogP contribution in [0.1, 0.15) is 51.7 Å². The molecule has 2 amide bonds. The van der Waals surface area contributed by atoms with Crippen LogP contribution < -0.4 is 14.4 Å². The number of sulfonamides is 1. The molecule has 3 aromatic carbocycles. The van der Waals surface area contributed by atoms with Gasteiger partial charge in [-0.15, -0.1) is 0 Å². The van der Waals surface area contributed by atoms with Crippen LogP contribution >= 0.6 is 0 Å². The Labute approximate surface area is 254 Å². The van der Waals surface area contributed by atoms with E-state index in [1.807, 2.05) is 58.0 Å². The first-order valence-electron chi connectivity index (χ1n) is 14.4. The van der Waals surface area contributed by atoms with Gasteiger partial charge < -0.3 is 15.0 Å². The number of carbonyl (C=O) groups excluding carboxylic acids is 2. The van der Waals surface area contributed by atoms with Crippen LogP contribution in [0.2, 0.25) is 0 Å². The Bertz CT molecular complexity index is 1480. The largest absolute Gasteiger partial charge is 0.492 e. The van der Waals surface area contributed by atoms with Crippen molar-refractivity contribution in [3.63, 3.8) is 0 Å². The van der Waals surface area contributed by atoms with Crippen molar-refractivity contribution < 1.29 is 27.1 Å². The normalized spacial score (nSPS) is 12.3. The summed E-state index contributed by atoms with van der Waals surface area (Å²) in [6, 6.07) is 21.4. The Balaban J connectivity index is 1.93. The molecule has 43 heavy (non-hydrogen) atoms. The molecule has 0 aliphatic carbocycles. The second-order valence-corrected chi connectivity index (χ2v) is 13.3. The van der Waals surface area contributed by atoms with Crippen molar-refractivity contribution >= 4 is 27.5 Å². The van der Waals surface area contributed by atoms with E-state index in [0.717, 1.165) is 11.8 Å². The standard InChI is InChI=1S/C33H42FN3O5S/c1-6-42-30-20-13-12-19-28(30)37(43(5,40)41)22-14-21-31(38)36(24-26-17-10-11-18-27(26)34)29(32(39)35-33(2,3)4)23-25-15-8-7-9-16-25/h7-13,15-20,29H,6,14,21-24H2,1-5H3,(H,35,39)/t29-/m1/s1. The van der Waals surface area contributed by atoms with E-state index in [1.54, 1.807) is 42.5 Å². The maximum atomic E-state index is 14.8. The second kappa shape index (κ2) is 15.0. The minimum atomic E-state index is -3.71. The van der Waals surface area contributed by atoms with Crippen molar-refractivity contribution in [1.29, 1.82) is 0 Å². The maximum absolute atomic E-state index is 14.8. The average molecular weight is 612 g/mol. The first-order chi connectivity index (χ1) is 20.3. The zero-order valence-electron chi connectivity index (χ0n) is 25.5. The summed E-state index contributed by atoms with van der Waals surface area (Å²) in [6.45, 7) is 7.63. The number of hydrogen-bond acceptors (Lipinski definition) is 5. The fraction of sp³-hybridized carbons (Fsp3) is 0.394. The minimum absolute atomic E-state index is 0.0136. The molecule has 0 spiro atoms. The smallest absolute Gasteiger partial charge is 0.243 e. The van der Waals surface area contributed by atoms with Crippen LogP contribution in [-0.2, 0) is 32.6 Å². The van der Waals surface area contributed by atoms with E-state index in [9.17, 15) is 22.4 Å². The van der Waals surface area contributed by atoms with Crippen LogP contribution in [0, 0.1) is 5.82 Å². The molecule has 3 rings (SSSR count). The summed E-state index contributed by atoms with van der Waals surface area (Å²) in [5.41, 5.74) is 0.941. The molecule has 232 valence electrons. The Hall–Kier alpha value is -3.92. The van der Waals surface area contributed by atoms with E-state index in [0.29, 0.717) is 18.0 Å². The molecular formula is C33H42FN3O5S. The molecule has 3 aromatic rings. The molecule has 0 unspecified atom stereocenters. The highest BCUT2D eigenvalue weighted by Gasteiger charge is 2.33. The third-order valence-corrected chi connectivity index (χ3v) is 7.83. The quantitative estimate of drug-likeness (QED) is 0.266. The summed E-state index contributed by atoms with van der Waals surface area (Å²) in [7, 11) is -3.71. The van der Waals surface area contributed by atoms with Gasteiger partial charge in [-0.2, -0.15) is 0 Å². The van der Waals surface area contributed by atoms with Gasteiger partial charge in [0.1, 0.15) is 17.6 Å². The lowest BCUT2D eigenvalue weighted by Crippen LogP contribution is -2.54. The Morgan fingerprint density at radius 1 is 0.953 bits per heavy atom. The van der Waals surface area contributed by atoms with Crippen LogP contribution in [0.3, 0.4) is 0 Å². The first-order valence-corrected chi connectivity index (χ1v) is 16.2. The Morgan fingerprint density at radius 3 is 2.21 bits per heavy atom. The van der Waals surface area contributed by atoms with Crippen molar-refractivity contribution in [2.24, 2.45) is 0 Å². The number of halogens is 1. The number of hydrogen-bond donors (Lipinski definition) is 1. The van der Waals surface area contributed by atoms with Gasteiger partial charge in [0.15, 0.2) is 0 Å². The predicted octanol–water partition coefficient (Wildman–Crippen LogP) is 5.33. The van der Waals surface area contributed by atoms with Gasteiger partial charge in [0, 0.05) is 37.0 Å². The van der Waals surface area contributed by atoms with Gasteiger partial charge in [0.2, 0.25) is 21.8 Å². The minimum Gasteiger partial charge on any atom is -0.492 e. The van der Waals surface area contributed by atoms with Crippen molar-refractivity contribution in [2.45, 2.75) is 65.1 Å². The number of para-hydroxylation sites is 2. The van der Waals surface area contributed by atoms with E-state index in [-0.39, 0.29) is 49.7 Å². The van der Waals surface area contributed by atoms with E-state index in [1.165, 1.54) is 15.3 Å². The number of benzene rings is 3. The molecule has 1 atom stereocenters. The number of anilines is 1. The highest BCUT2D eigenvalue weighted by atomic mass is 32.2. The van der Waals surface area contributed by atoms with Crippen molar-refractivity contribution in [2.75, 3.05) is 23.7 Å². The number of ether oxygens (including phenoxy) is 1. The van der Waals surface area contributed by atoms with Gasteiger partial charge in [-0.05, 0) is 57.9 Å². The lowest BCUT2D eigenvalue weighted by molar-refractivity contribution is -0.142. The lowest BCUT2D eigenvalue weighted by atomic mass is 10.00. The number of carbonyl (C=O) groups is 2. The zero-order valence-corrected chi connectivity index (χ0v) is 26.4. The van der Waals surface area contributed by atoms with Crippen molar-refractivity contribution in [3.05, 3.63) is 95.8 Å². The summed E-state index contributed by atoms with van der Waals surface area (Å²) in [5, 5.41) is 2.98.